The summed E-state index contributed by atoms with van der Waals surface area (Å²) >= 11 is 0. The molecule has 1 amide bonds. The van der Waals surface area contributed by atoms with Crippen LogP contribution >= 0.6 is 0 Å². The van der Waals surface area contributed by atoms with Crippen LogP contribution in [0, 0.1) is 6.92 Å². The Morgan fingerprint density at radius 2 is 1.78 bits per heavy atom. The second kappa shape index (κ2) is 11.5. The van der Waals surface area contributed by atoms with Crippen LogP contribution in [0.5, 0.6) is 17.2 Å². The first-order valence-electron chi connectivity index (χ1n) is 12.3. The summed E-state index contributed by atoms with van der Waals surface area (Å²) in [6.45, 7) is 12.3. The summed E-state index contributed by atoms with van der Waals surface area (Å²) in [5, 5.41) is 21.5. The summed E-state index contributed by atoms with van der Waals surface area (Å²) in [6, 6.07) is 9.02. The molecule has 0 bridgehead atoms. The number of phenolic OH excluding ortho intramolecular Hbond substituents is 1. The molecule has 8 heteroatoms. The first-order valence-corrected chi connectivity index (χ1v) is 12.3. The maximum Gasteiger partial charge on any atom is 0.295 e. The van der Waals surface area contributed by atoms with E-state index in [1.165, 1.54) is 18.1 Å². The topological polar surface area (TPSA) is 99.5 Å². The van der Waals surface area contributed by atoms with Crippen LogP contribution in [0.3, 0.4) is 0 Å². The van der Waals surface area contributed by atoms with Crippen LogP contribution in [0.1, 0.15) is 50.4 Å². The standard InChI is InChI=1S/C28H36N2O6/c1-7-29(8-2)13-14-30-25(19-9-11-21(31)23(16-19)35-6)24(27(33)28(30)34)26(32)20-10-12-22(18(5)15-20)36-17(3)4/h9-12,15-17,25,31-32H,7-8,13-14H2,1-6H3. The number of nitrogens with zero attached hydrogens (tertiary/aromatic N) is 2. The molecule has 194 valence electrons. The van der Waals surface area contributed by atoms with Crippen molar-refractivity contribution in [2.45, 2.75) is 46.8 Å². The van der Waals surface area contributed by atoms with E-state index in [4.69, 9.17) is 9.47 Å². The van der Waals surface area contributed by atoms with Gasteiger partial charge in [-0.25, -0.2) is 0 Å². The number of aliphatic hydroxyl groups is 1. The second-order valence-corrected chi connectivity index (χ2v) is 9.10. The number of likely N-dealkylation sites (N-methyl/N-ethyl adjacent to an activating group) is 1. The molecule has 1 heterocycles. The van der Waals surface area contributed by atoms with E-state index in [0.717, 1.165) is 18.7 Å². The van der Waals surface area contributed by atoms with Crippen molar-refractivity contribution in [3.05, 3.63) is 58.7 Å². The molecule has 2 N–H and O–H groups in total. The maximum absolute atomic E-state index is 13.3. The summed E-state index contributed by atoms with van der Waals surface area (Å²) in [5.41, 5.74) is 1.78. The molecule has 0 aliphatic carbocycles. The average Bonchev–Trinajstić information content (AvgIpc) is 3.10. The van der Waals surface area contributed by atoms with Gasteiger partial charge < -0.3 is 29.5 Å². The summed E-state index contributed by atoms with van der Waals surface area (Å²) in [5.74, 6) is -0.831. The molecular weight excluding hydrogens is 460 g/mol. The zero-order valence-corrected chi connectivity index (χ0v) is 21.9. The van der Waals surface area contributed by atoms with Crippen molar-refractivity contribution in [2.24, 2.45) is 0 Å². The fraction of sp³-hybridized carbons (Fsp3) is 0.429. The van der Waals surface area contributed by atoms with Crippen LogP contribution in [0.2, 0.25) is 0 Å². The molecule has 0 radical (unpaired) electrons. The van der Waals surface area contributed by atoms with E-state index < -0.39 is 17.7 Å². The van der Waals surface area contributed by atoms with E-state index in [9.17, 15) is 19.8 Å². The lowest BCUT2D eigenvalue weighted by Gasteiger charge is -2.28. The van der Waals surface area contributed by atoms with Crippen LogP contribution in [0.4, 0.5) is 0 Å². The van der Waals surface area contributed by atoms with Crippen LogP contribution in [-0.2, 0) is 9.59 Å². The maximum atomic E-state index is 13.3. The largest absolute Gasteiger partial charge is 0.507 e. The van der Waals surface area contributed by atoms with Gasteiger partial charge in [-0.15, -0.1) is 0 Å². The normalized spacial score (nSPS) is 17.3. The molecule has 0 spiro atoms. The molecule has 2 aromatic rings. The van der Waals surface area contributed by atoms with Crippen molar-refractivity contribution < 1.29 is 29.3 Å². The highest BCUT2D eigenvalue weighted by Crippen LogP contribution is 2.42. The number of hydrogen-bond donors (Lipinski definition) is 2. The number of amides is 1. The highest BCUT2D eigenvalue weighted by Gasteiger charge is 2.46. The molecule has 1 unspecified atom stereocenters. The van der Waals surface area contributed by atoms with Crippen LogP contribution in [-0.4, -0.2) is 71.1 Å². The van der Waals surface area contributed by atoms with Gasteiger partial charge in [0.05, 0.1) is 24.8 Å². The number of carbonyl (C=O) groups is 2. The van der Waals surface area contributed by atoms with Crippen molar-refractivity contribution in [1.29, 1.82) is 0 Å². The van der Waals surface area contributed by atoms with Gasteiger partial charge in [0.2, 0.25) is 0 Å². The zero-order valence-electron chi connectivity index (χ0n) is 21.9. The summed E-state index contributed by atoms with van der Waals surface area (Å²) in [4.78, 5) is 30.1. The van der Waals surface area contributed by atoms with E-state index in [0.29, 0.717) is 30.0 Å². The predicted molar refractivity (Wildman–Crippen MR) is 138 cm³/mol. The lowest BCUT2D eigenvalue weighted by Crippen LogP contribution is -2.38. The molecule has 2 aromatic carbocycles. The van der Waals surface area contributed by atoms with Gasteiger partial charge in [0.1, 0.15) is 11.5 Å². The Kier molecular flexibility index (Phi) is 8.63. The van der Waals surface area contributed by atoms with Gasteiger partial charge in [-0.05, 0) is 75.3 Å². The van der Waals surface area contributed by atoms with Gasteiger partial charge in [0.25, 0.3) is 11.7 Å². The first kappa shape index (κ1) is 27.1. The lowest BCUT2D eigenvalue weighted by atomic mass is 9.94. The SMILES string of the molecule is CCN(CC)CCN1C(=O)C(=O)C(=C(O)c2ccc(OC(C)C)c(C)c2)C1c1ccc(O)c(OC)c1. The number of hydrogen-bond acceptors (Lipinski definition) is 7. The van der Waals surface area contributed by atoms with Gasteiger partial charge in [-0.2, -0.15) is 0 Å². The number of likely N-dealkylation sites (tertiary alicyclic amines) is 1. The third-order valence-corrected chi connectivity index (χ3v) is 6.42. The molecule has 1 atom stereocenters. The number of Topliss-reactive ketones (excluding diaryl/α,β-unsaturated/α-hetero) is 1. The molecular formula is C28H36N2O6. The third kappa shape index (κ3) is 5.49. The highest BCUT2D eigenvalue weighted by molar-refractivity contribution is 6.46. The van der Waals surface area contributed by atoms with E-state index >= 15 is 0 Å². The number of ketones is 1. The number of phenols is 1. The molecule has 1 aliphatic heterocycles. The molecule has 3 rings (SSSR count). The van der Waals surface area contributed by atoms with Gasteiger partial charge in [-0.3, -0.25) is 9.59 Å². The third-order valence-electron chi connectivity index (χ3n) is 6.42. The molecule has 0 saturated carbocycles. The molecule has 0 aromatic heterocycles. The number of rotatable bonds is 10. The lowest BCUT2D eigenvalue weighted by molar-refractivity contribution is -0.140. The van der Waals surface area contributed by atoms with Crippen molar-refractivity contribution in [2.75, 3.05) is 33.3 Å². The number of benzene rings is 2. The van der Waals surface area contributed by atoms with Gasteiger partial charge in [0, 0.05) is 18.7 Å². The molecule has 1 fully saturated rings. The Morgan fingerprint density at radius 3 is 2.36 bits per heavy atom. The smallest absolute Gasteiger partial charge is 0.295 e. The van der Waals surface area contributed by atoms with Gasteiger partial charge in [0.15, 0.2) is 11.5 Å². The van der Waals surface area contributed by atoms with Crippen LogP contribution in [0.25, 0.3) is 5.76 Å². The van der Waals surface area contributed by atoms with E-state index in [2.05, 4.69) is 4.90 Å². The number of carbonyl (C=O) groups excluding carboxylic acids is 2. The fourth-order valence-electron chi connectivity index (χ4n) is 4.45. The predicted octanol–water partition coefficient (Wildman–Crippen LogP) is 4.26. The van der Waals surface area contributed by atoms with E-state index in [-0.39, 0.29) is 28.9 Å². The van der Waals surface area contributed by atoms with E-state index in [1.807, 2.05) is 34.6 Å². The Balaban J connectivity index is 2.13. The molecule has 8 nitrogen and oxygen atoms in total. The van der Waals surface area contributed by atoms with Crippen LogP contribution < -0.4 is 9.47 Å². The number of aliphatic hydroxyl groups excluding tert-OH is 1. The minimum atomic E-state index is -0.832. The number of aromatic hydroxyl groups is 1. The summed E-state index contributed by atoms with van der Waals surface area (Å²) in [6.07, 6.45) is -0.0104. The first-order chi connectivity index (χ1) is 17.1. The monoisotopic (exact) mass is 496 g/mol. The van der Waals surface area contributed by atoms with Gasteiger partial charge >= 0.3 is 0 Å². The zero-order chi connectivity index (χ0) is 26.6. The van der Waals surface area contributed by atoms with Crippen molar-refractivity contribution >= 4 is 17.4 Å². The summed E-state index contributed by atoms with van der Waals surface area (Å²) in [7, 11) is 1.43. The number of ether oxygens (including phenoxy) is 2. The highest BCUT2D eigenvalue weighted by atomic mass is 16.5. The van der Waals surface area contributed by atoms with E-state index in [1.54, 1.807) is 30.3 Å². The molecule has 1 aliphatic rings. The van der Waals surface area contributed by atoms with Gasteiger partial charge in [-0.1, -0.05) is 19.9 Å². The Morgan fingerprint density at radius 1 is 1.08 bits per heavy atom. The minimum absolute atomic E-state index is 0.00391. The number of methoxy groups -OCH3 is 1. The minimum Gasteiger partial charge on any atom is -0.507 e. The average molecular weight is 497 g/mol. The Bertz CT molecular complexity index is 1150. The van der Waals surface area contributed by atoms with Crippen molar-refractivity contribution in [3.8, 4) is 17.2 Å². The summed E-state index contributed by atoms with van der Waals surface area (Å²) < 4.78 is 11.1. The molecule has 36 heavy (non-hydrogen) atoms. The Labute approximate surface area is 212 Å². The second-order valence-electron chi connectivity index (χ2n) is 9.10. The van der Waals surface area contributed by atoms with Crippen molar-refractivity contribution in [1.82, 2.24) is 9.80 Å². The van der Waals surface area contributed by atoms with Crippen LogP contribution in [0.15, 0.2) is 42.0 Å². The quantitative estimate of drug-likeness (QED) is 0.288. The van der Waals surface area contributed by atoms with Crippen molar-refractivity contribution in [3.63, 3.8) is 0 Å². The Hall–Kier alpha value is -3.52. The number of aryl methyl sites for hydroxylation is 1. The fourth-order valence-corrected chi connectivity index (χ4v) is 4.45. The molecule has 1 saturated heterocycles.